The molecule has 0 unspecified atom stereocenters. The molecular formula is C20H25FN4O. The van der Waals surface area contributed by atoms with Crippen LogP contribution in [-0.2, 0) is 6.54 Å². The molecule has 1 aliphatic rings. The van der Waals surface area contributed by atoms with Crippen molar-refractivity contribution in [3.8, 4) is 0 Å². The fourth-order valence-corrected chi connectivity index (χ4v) is 3.04. The molecule has 3 rings (SSSR count). The van der Waals surface area contributed by atoms with E-state index in [9.17, 15) is 9.18 Å². The molecule has 1 aromatic carbocycles. The van der Waals surface area contributed by atoms with Crippen LogP contribution in [0.5, 0.6) is 0 Å². The summed E-state index contributed by atoms with van der Waals surface area (Å²) in [6.07, 6.45) is 1.93. The number of piperazine rings is 1. The summed E-state index contributed by atoms with van der Waals surface area (Å²) in [7, 11) is 2.03. The molecule has 1 aliphatic heterocycles. The van der Waals surface area contributed by atoms with Crippen LogP contribution in [0.3, 0.4) is 0 Å². The highest BCUT2D eigenvalue weighted by atomic mass is 19.1. The number of anilines is 1. The lowest BCUT2D eigenvalue weighted by molar-refractivity contribution is 0.0628. The first kappa shape index (κ1) is 18.3. The Hall–Kier alpha value is -2.47. The predicted octanol–water partition coefficient (Wildman–Crippen LogP) is 2.63. The van der Waals surface area contributed by atoms with Gasteiger partial charge in [-0.2, -0.15) is 0 Å². The van der Waals surface area contributed by atoms with Gasteiger partial charge < -0.3 is 9.80 Å². The highest BCUT2D eigenvalue weighted by Gasteiger charge is 2.22. The van der Waals surface area contributed by atoms with Crippen molar-refractivity contribution in [2.75, 3.05) is 44.7 Å². The van der Waals surface area contributed by atoms with Gasteiger partial charge >= 0.3 is 0 Å². The van der Waals surface area contributed by atoms with Gasteiger partial charge in [0.05, 0.1) is 0 Å². The third kappa shape index (κ3) is 4.38. The number of pyridine rings is 1. The topological polar surface area (TPSA) is 39.7 Å². The molecule has 1 amide bonds. The van der Waals surface area contributed by atoms with Crippen LogP contribution in [0.2, 0.25) is 0 Å². The van der Waals surface area contributed by atoms with Gasteiger partial charge in [0.25, 0.3) is 5.91 Å². The van der Waals surface area contributed by atoms with Crippen molar-refractivity contribution in [3.05, 3.63) is 59.5 Å². The lowest BCUT2D eigenvalue weighted by atomic mass is 10.1. The summed E-state index contributed by atoms with van der Waals surface area (Å²) in [6, 6.07) is 9.92. The number of aromatic nitrogens is 1. The molecule has 0 bridgehead atoms. The first-order chi connectivity index (χ1) is 12.6. The van der Waals surface area contributed by atoms with Gasteiger partial charge in [-0.25, -0.2) is 9.37 Å². The third-order valence-electron chi connectivity index (χ3n) is 4.83. The number of hydrogen-bond donors (Lipinski definition) is 0. The van der Waals surface area contributed by atoms with E-state index in [1.807, 2.05) is 24.2 Å². The molecule has 0 saturated carbocycles. The number of carbonyl (C=O) groups is 1. The van der Waals surface area contributed by atoms with Crippen molar-refractivity contribution in [2.45, 2.75) is 13.5 Å². The van der Waals surface area contributed by atoms with Crippen LogP contribution in [0.15, 0.2) is 42.6 Å². The van der Waals surface area contributed by atoms with Crippen molar-refractivity contribution >= 4 is 11.7 Å². The number of rotatable bonds is 5. The number of hydrogen-bond acceptors (Lipinski definition) is 4. The Morgan fingerprint density at radius 3 is 2.38 bits per heavy atom. The zero-order chi connectivity index (χ0) is 18.5. The summed E-state index contributed by atoms with van der Waals surface area (Å²) in [5.41, 5.74) is 1.72. The maximum absolute atomic E-state index is 13.0. The van der Waals surface area contributed by atoms with Crippen LogP contribution in [0.1, 0.15) is 22.8 Å². The van der Waals surface area contributed by atoms with Crippen molar-refractivity contribution in [1.29, 1.82) is 0 Å². The van der Waals surface area contributed by atoms with E-state index in [-0.39, 0.29) is 11.7 Å². The standard InChI is InChI=1S/C20H25FN4O/c1-3-23(2)19-9-4-16(14-22-19)15-24-10-12-25(13-11-24)20(26)17-5-7-18(21)8-6-17/h4-9,14H,3,10-13,15H2,1-2H3. The second kappa shape index (κ2) is 8.27. The minimum Gasteiger partial charge on any atom is -0.360 e. The van der Waals surface area contributed by atoms with E-state index >= 15 is 0 Å². The maximum Gasteiger partial charge on any atom is 0.253 e. The molecule has 0 spiro atoms. The lowest BCUT2D eigenvalue weighted by Crippen LogP contribution is -2.48. The van der Waals surface area contributed by atoms with E-state index in [4.69, 9.17) is 0 Å². The Kier molecular flexibility index (Phi) is 5.83. The molecule has 0 radical (unpaired) electrons. The Morgan fingerprint density at radius 1 is 1.12 bits per heavy atom. The normalized spacial score (nSPS) is 15.1. The molecule has 2 aromatic rings. The summed E-state index contributed by atoms with van der Waals surface area (Å²) in [5.74, 6) is 0.625. The van der Waals surface area contributed by atoms with E-state index in [2.05, 4.69) is 27.8 Å². The fraction of sp³-hybridized carbons (Fsp3) is 0.400. The average Bonchev–Trinajstić information content (AvgIpc) is 2.68. The van der Waals surface area contributed by atoms with E-state index in [0.29, 0.717) is 18.7 Å². The van der Waals surface area contributed by atoms with Gasteiger partial charge in [-0.3, -0.25) is 9.69 Å². The first-order valence-electron chi connectivity index (χ1n) is 9.00. The zero-order valence-electron chi connectivity index (χ0n) is 15.4. The second-order valence-electron chi connectivity index (χ2n) is 6.61. The molecule has 2 heterocycles. The summed E-state index contributed by atoms with van der Waals surface area (Å²) in [6.45, 7) is 6.87. The second-order valence-corrected chi connectivity index (χ2v) is 6.61. The van der Waals surface area contributed by atoms with Gasteiger partial charge in [0.15, 0.2) is 0 Å². The summed E-state index contributed by atoms with van der Waals surface area (Å²) in [5, 5.41) is 0. The van der Waals surface area contributed by atoms with Crippen LogP contribution >= 0.6 is 0 Å². The maximum atomic E-state index is 13.0. The minimum atomic E-state index is -0.323. The van der Waals surface area contributed by atoms with Crippen molar-refractivity contribution < 1.29 is 9.18 Å². The van der Waals surface area contributed by atoms with Crippen LogP contribution in [-0.4, -0.2) is 60.5 Å². The molecule has 5 nitrogen and oxygen atoms in total. The van der Waals surface area contributed by atoms with Gasteiger partial charge in [-0.05, 0) is 42.8 Å². The molecule has 6 heteroatoms. The molecule has 1 aromatic heterocycles. The van der Waals surface area contributed by atoms with Gasteiger partial charge in [0.1, 0.15) is 11.6 Å². The van der Waals surface area contributed by atoms with Crippen molar-refractivity contribution in [1.82, 2.24) is 14.8 Å². The zero-order valence-corrected chi connectivity index (χ0v) is 15.4. The largest absolute Gasteiger partial charge is 0.360 e. The summed E-state index contributed by atoms with van der Waals surface area (Å²) >= 11 is 0. The molecule has 26 heavy (non-hydrogen) atoms. The highest BCUT2D eigenvalue weighted by Crippen LogP contribution is 2.14. The third-order valence-corrected chi connectivity index (χ3v) is 4.83. The summed E-state index contributed by atoms with van der Waals surface area (Å²) < 4.78 is 13.0. The quantitative estimate of drug-likeness (QED) is 0.826. The van der Waals surface area contributed by atoms with Gasteiger partial charge in [0, 0.05) is 58.1 Å². The lowest BCUT2D eigenvalue weighted by Gasteiger charge is -2.34. The smallest absolute Gasteiger partial charge is 0.253 e. The predicted molar refractivity (Wildman–Crippen MR) is 101 cm³/mol. The van der Waals surface area contributed by atoms with Crippen LogP contribution in [0.4, 0.5) is 10.2 Å². The van der Waals surface area contributed by atoms with E-state index in [0.717, 1.165) is 32.0 Å². The molecule has 0 N–H and O–H groups in total. The highest BCUT2D eigenvalue weighted by molar-refractivity contribution is 5.94. The monoisotopic (exact) mass is 356 g/mol. The number of benzene rings is 1. The summed E-state index contributed by atoms with van der Waals surface area (Å²) in [4.78, 5) is 23.2. The van der Waals surface area contributed by atoms with Gasteiger partial charge in [-0.1, -0.05) is 6.07 Å². The molecular weight excluding hydrogens is 331 g/mol. The first-order valence-corrected chi connectivity index (χ1v) is 9.00. The van der Waals surface area contributed by atoms with E-state index in [1.165, 1.54) is 17.7 Å². The van der Waals surface area contributed by atoms with E-state index < -0.39 is 0 Å². The van der Waals surface area contributed by atoms with Crippen molar-refractivity contribution in [3.63, 3.8) is 0 Å². The fourth-order valence-electron chi connectivity index (χ4n) is 3.04. The Morgan fingerprint density at radius 2 is 1.81 bits per heavy atom. The Labute approximate surface area is 154 Å². The van der Waals surface area contributed by atoms with Crippen LogP contribution in [0.25, 0.3) is 0 Å². The van der Waals surface area contributed by atoms with Gasteiger partial charge in [0.2, 0.25) is 0 Å². The molecule has 0 atom stereocenters. The number of halogens is 1. The Bertz CT molecular complexity index is 724. The molecule has 138 valence electrons. The van der Waals surface area contributed by atoms with Crippen LogP contribution in [0, 0.1) is 5.82 Å². The Balaban J connectivity index is 1.52. The molecule has 1 saturated heterocycles. The SMILES string of the molecule is CCN(C)c1ccc(CN2CCN(C(=O)c3ccc(F)cc3)CC2)cn1. The molecule has 0 aliphatic carbocycles. The van der Waals surface area contributed by atoms with Crippen LogP contribution < -0.4 is 4.90 Å². The van der Waals surface area contributed by atoms with E-state index in [1.54, 1.807) is 12.1 Å². The molecule has 1 fully saturated rings. The average molecular weight is 356 g/mol. The number of nitrogens with zero attached hydrogens (tertiary/aromatic N) is 4. The number of carbonyl (C=O) groups excluding carboxylic acids is 1. The number of amides is 1. The van der Waals surface area contributed by atoms with Crippen molar-refractivity contribution in [2.24, 2.45) is 0 Å². The minimum absolute atomic E-state index is 0.0294. The van der Waals surface area contributed by atoms with Gasteiger partial charge in [-0.15, -0.1) is 0 Å².